The maximum Gasteiger partial charge on any atom is 0.299 e. The Morgan fingerprint density at radius 2 is 2.25 bits per heavy atom. The third-order valence-electron chi connectivity index (χ3n) is 2.01. The Balaban J connectivity index is 2.74. The Kier molecular flexibility index (Phi) is 4.94. The van der Waals surface area contributed by atoms with Crippen molar-refractivity contribution in [2.24, 2.45) is 5.73 Å². The number of aromatic nitrogens is 2. The van der Waals surface area contributed by atoms with Crippen LogP contribution in [-0.4, -0.2) is 36.4 Å². The summed E-state index contributed by atoms with van der Waals surface area (Å²) >= 11 is 0. The molecule has 0 amide bonds. The van der Waals surface area contributed by atoms with E-state index in [0.29, 0.717) is 38.0 Å². The van der Waals surface area contributed by atoms with Crippen molar-refractivity contribution in [3.8, 4) is 6.01 Å². The molecule has 0 spiro atoms. The number of hydrogen-bond acceptors (Lipinski definition) is 5. The molecule has 0 aromatic carbocycles. The molecule has 0 unspecified atom stereocenters. The van der Waals surface area contributed by atoms with E-state index in [-0.39, 0.29) is 5.56 Å². The van der Waals surface area contributed by atoms with Crippen LogP contribution in [0.4, 0.5) is 0 Å². The molecule has 0 atom stereocenters. The van der Waals surface area contributed by atoms with Gasteiger partial charge in [0, 0.05) is 18.3 Å². The normalized spacial score (nSPS) is 10.4. The molecule has 1 aromatic heterocycles. The fourth-order valence-electron chi connectivity index (χ4n) is 1.30. The SMILES string of the molecule is COc1nc(C)cc(=O)n1CCOCCN. The Morgan fingerprint density at radius 1 is 1.50 bits per heavy atom. The van der Waals surface area contributed by atoms with Gasteiger partial charge in [0.15, 0.2) is 0 Å². The standard InChI is InChI=1S/C10H17N3O3/c1-8-7-9(14)13(10(12-8)15-2)4-6-16-5-3-11/h7H,3-6,11H2,1-2H3. The van der Waals surface area contributed by atoms with Crippen LogP contribution in [0, 0.1) is 6.92 Å². The highest BCUT2D eigenvalue weighted by Gasteiger charge is 2.06. The first kappa shape index (κ1) is 12.7. The maximum atomic E-state index is 11.6. The lowest BCUT2D eigenvalue weighted by molar-refractivity contribution is 0.129. The monoisotopic (exact) mass is 227 g/mol. The van der Waals surface area contributed by atoms with Crippen LogP contribution < -0.4 is 16.0 Å². The predicted octanol–water partition coefficient (Wildman–Crippen LogP) is -0.464. The van der Waals surface area contributed by atoms with Gasteiger partial charge in [0.2, 0.25) is 0 Å². The lowest BCUT2D eigenvalue weighted by Crippen LogP contribution is -2.25. The van der Waals surface area contributed by atoms with Crippen LogP contribution in [0.25, 0.3) is 0 Å². The van der Waals surface area contributed by atoms with E-state index in [2.05, 4.69) is 4.98 Å². The van der Waals surface area contributed by atoms with E-state index < -0.39 is 0 Å². The quantitative estimate of drug-likeness (QED) is 0.665. The predicted molar refractivity (Wildman–Crippen MR) is 59.7 cm³/mol. The third kappa shape index (κ3) is 3.32. The highest BCUT2D eigenvalue weighted by Crippen LogP contribution is 2.03. The molecule has 90 valence electrons. The van der Waals surface area contributed by atoms with Crippen LogP contribution in [-0.2, 0) is 11.3 Å². The molecule has 2 N–H and O–H groups in total. The summed E-state index contributed by atoms with van der Waals surface area (Å²) in [6.07, 6.45) is 0. The average molecular weight is 227 g/mol. The maximum absolute atomic E-state index is 11.6. The molecule has 6 nitrogen and oxygen atoms in total. The van der Waals surface area contributed by atoms with Crippen LogP contribution >= 0.6 is 0 Å². The average Bonchev–Trinajstić information content (AvgIpc) is 2.26. The highest BCUT2D eigenvalue weighted by atomic mass is 16.5. The molecule has 0 aliphatic heterocycles. The van der Waals surface area contributed by atoms with Gasteiger partial charge >= 0.3 is 0 Å². The summed E-state index contributed by atoms with van der Waals surface area (Å²) in [6, 6.07) is 1.77. The second-order valence-corrected chi connectivity index (χ2v) is 3.28. The van der Waals surface area contributed by atoms with Crippen LogP contribution in [0.15, 0.2) is 10.9 Å². The Labute approximate surface area is 94.0 Å². The van der Waals surface area contributed by atoms with Gasteiger partial charge in [-0.2, -0.15) is 0 Å². The lowest BCUT2D eigenvalue weighted by Gasteiger charge is -2.10. The zero-order valence-electron chi connectivity index (χ0n) is 9.60. The summed E-state index contributed by atoms with van der Waals surface area (Å²) in [7, 11) is 1.48. The number of aryl methyl sites for hydroxylation is 1. The van der Waals surface area contributed by atoms with Gasteiger partial charge in [0.05, 0.1) is 26.9 Å². The van der Waals surface area contributed by atoms with Crippen molar-refractivity contribution in [3.05, 3.63) is 22.1 Å². The number of ether oxygens (including phenoxy) is 2. The summed E-state index contributed by atoms with van der Waals surface area (Å²) in [5, 5.41) is 0. The van der Waals surface area contributed by atoms with E-state index in [1.807, 2.05) is 0 Å². The Hall–Kier alpha value is -1.40. The molecular weight excluding hydrogens is 210 g/mol. The fraction of sp³-hybridized carbons (Fsp3) is 0.600. The van der Waals surface area contributed by atoms with Crippen LogP contribution in [0.5, 0.6) is 6.01 Å². The summed E-state index contributed by atoms with van der Waals surface area (Å²) in [5.74, 6) is 0. The summed E-state index contributed by atoms with van der Waals surface area (Å²) in [5.41, 5.74) is 5.78. The lowest BCUT2D eigenvalue weighted by atomic mass is 10.4. The first-order chi connectivity index (χ1) is 7.69. The minimum Gasteiger partial charge on any atom is -0.468 e. The van der Waals surface area contributed by atoms with Gasteiger partial charge in [-0.05, 0) is 6.92 Å². The molecule has 0 saturated carbocycles. The van der Waals surface area contributed by atoms with Crippen molar-refractivity contribution in [2.75, 3.05) is 26.9 Å². The van der Waals surface area contributed by atoms with Crippen molar-refractivity contribution in [3.63, 3.8) is 0 Å². The third-order valence-corrected chi connectivity index (χ3v) is 2.01. The highest BCUT2D eigenvalue weighted by molar-refractivity contribution is 5.06. The minimum absolute atomic E-state index is 0.138. The second-order valence-electron chi connectivity index (χ2n) is 3.28. The van der Waals surface area contributed by atoms with E-state index in [9.17, 15) is 4.79 Å². The van der Waals surface area contributed by atoms with Gasteiger partial charge in [-0.3, -0.25) is 9.36 Å². The fourth-order valence-corrected chi connectivity index (χ4v) is 1.30. The molecule has 0 radical (unpaired) electrons. The number of nitrogens with zero attached hydrogens (tertiary/aromatic N) is 2. The Bertz CT molecular complexity index is 389. The molecule has 1 heterocycles. The molecule has 1 rings (SSSR count). The second kappa shape index (κ2) is 6.24. The number of hydrogen-bond donors (Lipinski definition) is 1. The zero-order chi connectivity index (χ0) is 12.0. The molecular formula is C10H17N3O3. The number of nitrogens with two attached hydrogens (primary N) is 1. The van der Waals surface area contributed by atoms with E-state index in [0.717, 1.165) is 0 Å². The van der Waals surface area contributed by atoms with Crippen molar-refractivity contribution in [1.82, 2.24) is 9.55 Å². The van der Waals surface area contributed by atoms with Gasteiger partial charge in [0.25, 0.3) is 11.6 Å². The van der Waals surface area contributed by atoms with Gasteiger partial charge in [-0.15, -0.1) is 0 Å². The van der Waals surface area contributed by atoms with Crippen molar-refractivity contribution in [2.45, 2.75) is 13.5 Å². The number of methoxy groups -OCH3 is 1. The summed E-state index contributed by atoms with van der Waals surface area (Å²) in [4.78, 5) is 15.8. The molecule has 0 bridgehead atoms. The molecule has 0 aliphatic carbocycles. The molecule has 0 fully saturated rings. The molecule has 16 heavy (non-hydrogen) atoms. The molecule has 1 aromatic rings. The Morgan fingerprint density at radius 3 is 2.88 bits per heavy atom. The molecule has 0 aliphatic rings. The van der Waals surface area contributed by atoms with Crippen LogP contribution in [0.3, 0.4) is 0 Å². The van der Waals surface area contributed by atoms with Crippen LogP contribution in [0.1, 0.15) is 5.69 Å². The number of rotatable bonds is 6. The summed E-state index contributed by atoms with van der Waals surface area (Å²) < 4.78 is 11.7. The smallest absolute Gasteiger partial charge is 0.299 e. The molecule has 6 heteroatoms. The van der Waals surface area contributed by atoms with Crippen molar-refractivity contribution < 1.29 is 9.47 Å². The summed E-state index contributed by atoms with van der Waals surface area (Å²) in [6.45, 7) is 3.53. The topological polar surface area (TPSA) is 79.4 Å². The van der Waals surface area contributed by atoms with Gasteiger partial charge < -0.3 is 15.2 Å². The van der Waals surface area contributed by atoms with Gasteiger partial charge in [0.1, 0.15) is 0 Å². The van der Waals surface area contributed by atoms with Crippen molar-refractivity contribution >= 4 is 0 Å². The largest absolute Gasteiger partial charge is 0.468 e. The van der Waals surface area contributed by atoms with E-state index in [1.54, 1.807) is 6.92 Å². The first-order valence-corrected chi connectivity index (χ1v) is 5.09. The van der Waals surface area contributed by atoms with E-state index in [1.165, 1.54) is 17.7 Å². The zero-order valence-corrected chi connectivity index (χ0v) is 9.60. The van der Waals surface area contributed by atoms with Gasteiger partial charge in [-0.1, -0.05) is 0 Å². The van der Waals surface area contributed by atoms with E-state index >= 15 is 0 Å². The van der Waals surface area contributed by atoms with E-state index in [4.69, 9.17) is 15.2 Å². The first-order valence-electron chi connectivity index (χ1n) is 5.09. The minimum atomic E-state index is -0.138. The van der Waals surface area contributed by atoms with Crippen molar-refractivity contribution in [1.29, 1.82) is 0 Å². The van der Waals surface area contributed by atoms with Gasteiger partial charge in [-0.25, -0.2) is 4.98 Å². The van der Waals surface area contributed by atoms with Crippen LogP contribution in [0.2, 0.25) is 0 Å². The molecule has 0 saturated heterocycles.